The molecule has 1 aromatic heterocycles. The first-order valence-electron chi connectivity index (χ1n) is 10.0. The summed E-state index contributed by atoms with van der Waals surface area (Å²) < 4.78 is 0. The minimum atomic E-state index is -0.421. The lowest BCUT2D eigenvalue weighted by molar-refractivity contribution is 0.100. The number of hydrogen-bond donors (Lipinski definition) is 3. The zero-order valence-corrected chi connectivity index (χ0v) is 17.3. The number of hydrogen-bond acceptors (Lipinski definition) is 5. The summed E-state index contributed by atoms with van der Waals surface area (Å²) in [4.78, 5) is 20.0. The van der Waals surface area contributed by atoms with Crippen LogP contribution in [0.3, 0.4) is 0 Å². The third kappa shape index (κ3) is 4.15. The second kappa shape index (κ2) is 8.45. The van der Waals surface area contributed by atoms with Gasteiger partial charge in [-0.2, -0.15) is 0 Å². The largest absolute Gasteiger partial charge is 0.366 e. The van der Waals surface area contributed by atoms with Gasteiger partial charge in [-0.05, 0) is 50.8 Å². The normalized spacial score (nSPS) is 25.4. The third-order valence-corrected chi connectivity index (χ3v) is 8.84. The van der Waals surface area contributed by atoms with Crippen molar-refractivity contribution in [2.45, 2.75) is 62.2 Å². The molecule has 0 bridgehead atoms. The lowest BCUT2D eigenvalue weighted by Gasteiger charge is -2.27. The molecule has 2 aromatic rings. The Morgan fingerprint density at radius 1 is 1.33 bits per heavy atom. The lowest BCUT2D eigenvalue weighted by Crippen LogP contribution is -2.37. The number of aromatic nitrogens is 2. The van der Waals surface area contributed by atoms with Gasteiger partial charge in [0.25, 0.3) is 5.91 Å². The number of benzene rings is 1. The van der Waals surface area contributed by atoms with E-state index in [1.165, 1.54) is 37.9 Å². The van der Waals surface area contributed by atoms with Crippen LogP contribution in [0.1, 0.15) is 67.5 Å². The molecule has 1 amide bonds. The van der Waals surface area contributed by atoms with E-state index >= 15 is 0 Å². The zero-order valence-electron chi connectivity index (χ0n) is 15.6. The Hall–Kier alpha value is -1.18. The number of unbranched alkanes of at least 4 members (excludes halogenated alkanes) is 2. The number of nitrogens with zero attached hydrogens (tertiary/aromatic N) is 1. The van der Waals surface area contributed by atoms with Gasteiger partial charge in [-0.3, -0.25) is 4.79 Å². The monoisotopic (exact) mass is 404 g/mol. The van der Waals surface area contributed by atoms with Crippen LogP contribution in [0.15, 0.2) is 18.2 Å². The Kier molecular flexibility index (Phi) is 5.99. The van der Waals surface area contributed by atoms with Crippen LogP contribution < -0.4 is 11.1 Å². The summed E-state index contributed by atoms with van der Waals surface area (Å²) in [6, 6.07) is 5.58. The van der Waals surface area contributed by atoms with Gasteiger partial charge in [0.1, 0.15) is 11.3 Å². The Morgan fingerprint density at radius 3 is 3.00 bits per heavy atom. The van der Waals surface area contributed by atoms with E-state index in [9.17, 15) is 4.79 Å². The number of carbonyl (C=O) groups excluding carboxylic acids is 1. The number of aromatic amines is 1. The number of imidazole rings is 1. The Bertz CT molecular complexity index is 794. The summed E-state index contributed by atoms with van der Waals surface area (Å²) in [5.41, 5.74) is 7.52. The van der Waals surface area contributed by atoms with E-state index in [4.69, 9.17) is 10.7 Å². The molecule has 1 aromatic carbocycles. The first-order chi connectivity index (χ1) is 13.2. The molecule has 4 N–H and O–H groups in total. The first kappa shape index (κ1) is 19.2. The van der Waals surface area contributed by atoms with Gasteiger partial charge in [-0.25, -0.2) is 4.98 Å². The molecule has 146 valence electrons. The molecule has 27 heavy (non-hydrogen) atoms. The SMILES string of the molecule is NC(=O)c1cccc2[nH]c(C3(CCCCCC4CCSS4)CCCN3)nc12. The highest BCUT2D eigenvalue weighted by molar-refractivity contribution is 8.77. The van der Waals surface area contributed by atoms with Crippen molar-refractivity contribution < 1.29 is 4.79 Å². The summed E-state index contributed by atoms with van der Waals surface area (Å²) in [7, 11) is 4.11. The molecule has 2 atom stereocenters. The minimum absolute atomic E-state index is 0.0914. The molecule has 0 aliphatic carbocycles. The maximum absolute atomic E-state index is 11.7. The van der Waals surface area contributed by atoms with Crippen LogP contribution in [-0.4, -0.2) is 33.4 Å². The zero-order chi connectivity index (χ0) is 18.7. The highest BCUT2D eigenvalue weighted by atomic mass is 33.1. The van der Waals surface area contributed by atoms with Crippen molar-refractivity contribution in [1.82, 2.24) is 15.3 Å². The fraction of sp³-hybridized carbons (Fsp3) is 0.600. The second-order valence-electron chi connectivity index (χ2n) is 7.69. The van der Waals surface area contributed by atoms with Crippen LogP contribution in [0.5, 0.6) is 0 Å². The van der Waals surface area contributed by atoms with Gasteiger partial charge in [-0.1, -0.05) is 46.9 Å². The first-order valence-corrected chi connectivity index (χ1v) is 12.4. The highest BCUT2D eigenvalue weighted by Crippen LogP contribution is 2.40. The topological polar surface area (TPSA) is 83.8 Å². The van der Waals surface area contributed by atoms with Crippen LogP contribution in [0, 0.1) is 0 Å². The Labute approximate surface area is 168 Å². The van der Waals surface area contributed by atoms with E-state index in [-0.39, 0.29) is 5.54 Å². The molecule has 7 heteroatoms. The molecular weight excluding hydrogens is 376 g/mol. The molecule has 2 aliphatic heterocycles. The van der Waals surface area contributed by atoms with Gasteiger partial charge in [0.15, 0.2) is 0 Å². The number of primary amides is 1. The van der Waals surface area contributed by atoms with E-state index in [0.717, 1.165) is 42.4 Å². The van der Waals surface area contributed by atoms with Crippen molar-refractivity contribution in [1.29, 1.82) is 0 Å². The van der Waals surface area contributed by atoms with Crippen molar-refractivity contribution in [3.05, 3.63) is 29.6 Å². The predicted octanol–water partition coefficient (Wildman–Crippen LogP) is 4.34. The van der Waals surface area contributed by atoms with Crippen molar-refractivity contribution in [2.75, 3.05) is 12.3 Å². The van der Waals surface area contributed by atoms with Gasteiger partial charge in [0.2, 0.25) is 0 Å². The second-order valence-corrected chi connectivity index (χ2v) is 10.5. The molecule has 0 saturated carbocycles. The number of para-hydroxylation sites is 1. The number of amides is 1. The average Bonchev–Trinajstić information content (AvgIpc) is 3.41. The van der Waals surface area contributed by atoms with Crippen LogP contribution in [0.2, 0.25) is 0 Å². The number of rotatable bonds is 8. The molecule has 0 spiro atoms. The summed E-state index contributed by atoms with van der Waals surface area (Å²) in [6.07, 6.45) is 9.87. The van der Waals surface area contributed by atoms with Crippen LogP contribution >= 0.6 is 21.6 Å². The molecule has 2 fully saturated rings. The average molecular weight is 405 g/mol. The minimum Gasteiger partial charge on any atom is -0.366 e. The molecule has 2 saturated heterocycles. The highest BCUT2D eigenvalue weighted by Gasteiger charge is 2.37. The summed E-state index contributed by atoms with van der Waals surface area (Å²) >= 11 is 0. The fourth-order valence-corrected chi connectivity index (χ4v) is 7.37. The van der Waals surface area contributed by atoms with Crippen molar-refractivity contribution in [2.24, 2.45) is 5.73 Å². The fourth-order valence-electron chi connectivity index (χ4n) is 4.34. The van der Waals surface area contributed by atoms with Gasteiger partial charge in [-0.15, -0.1) is 0 Å². The summed E-state index contributed by atoms with van der Waals surface area (Å²) in [5.74, 6) is 1.86. The van der Waals surface area contributed by atoms with Crippen LogP contribution in [-0.2, 0) is 5.54 Å². The predicted molar refractivity (Wildman–Crippen MR) is 115 cm³/mol. The van der Waals surface area contributed by atoms with Crippen molar-refractivity contribution in [3.8, 4) is 0 Å². The number of H-pyrrole nitrogens is 1. The number of fused-ring (bicyclic) bond motifs is 1. The van der Waals surface area contributed by atoms with E-state index in [2.05, 4.69) is 21.1 Å². The number of nitrogens with one attached hydrogen (secondary N) is 2. The van der Waals surface area contributed by atoms with Crippen molar-refractivity contribution >= 4 is 38.5 Å². The Balaban J connectivity index is 1.44. The lowest BCUT2D eigenvalue weighted by atomic mass is 9.89. The molecular formula is C20H28N4OS2. The maximum atomic E-state index is 11.7. The van der Waals surface area contributed by atoms with Crippen LogP contribution in [0.25, 0.3) is 11.0 Å². The Morgan fingerprint density at radius 2 is 2.26 bits per heavy atom. The maximum Gasteiger partial charge on any atom is 0.250 e. The van der Waals surface area contributed by atoms with E-state index in [1.807, 2.05) is 22.9 Å². The summed E-state index contributed by atoms with van der Waals surface area (Å²) in [5, 5.41) is 4.58. The van der Waals surface area contributed by atoms with Crippen LogP contribution in [0.4, 0.5) is 0 Å². The quantitative estimate of drug-likeness (QED) is 0.450. The third-order valence-electron chi connectivity index (χ3n) is 5.83. The number of carbonyl (C=O) groups is 1. The standard InChI is InChI=1S/C20H28N4OS2/c21-18(25)15-7-4-8-16-17(15)24-19(23-16)20(11-5-12-22-20)10-3-1-2-6-14-9-13-26-27-14/h4,7-8,14,22H,1-3,5-6,9-13H2,(H2,21,25)(H,23,24). The number of nitrogens with two attached hydrogens (primary N) is 1. The molecule has 5 nitrogen and oxygen atoms in total. The van der Waals surface area contributed by atoms with Crippen molar-refractivity contribution in [3.63, 3.8) is 0 Å². The molecule has 0 radical (unpaired) electrons. The van der Waals surface area contributed by atoms with Gasteiger partial charge in [0.05, 0.1) is 16.6 Å². The van der Waals surface area contributed by atoms with E-state index in [0.29, 0.717) is 11.1 Å². The summed E-state index contributed by atoms with van der Waals surface area (Å²) in [6.45, 7) is 1.02. The van der Waals surface area contributed by atoms with Gasteiger partial charge in [0, 0.05) is 11.0 Å². The van der Waals surface area contributed by atoms with E-state index < -0.39 is 5.91 Å². The smallest absolute Gasteiger partial charge is 0.250 e. The molecule has 2 unspecified atom stereocenters. The van der Waals surface area contributed by atoms with E-state index in [1.54, 1.807) is 6.07 Å². The molecule has 4 rings (SSSR count). The molecule has 3 heterocycles. The van der Waals surface area contributed by atoms with Gasteiger partial charge < -0.3 is 16.0 Å². The van der Waals surface area contributed by atoms with Gasteiger partial charge >= 0.3 is 0 Å². The molecule has 2 aliphatic rings.